The van der Waals surface area contributed by atoms with Gasteiger partial charge in [0.1, 0.15) is 10.8 Å². The number of nitrogens with one attached hydrogen (secondary N) is 2. The Balaban J connectivity index is 1.24. The predicted molar refractivity (Wildman–Crippen MR) is 134 cm³/mol. The first-order chi connectivity index (χ1) is 16.0. The van der Waals surface area contributed by atoms with Gasteiger partial charge in [0.05, 0.1) is 0 Å². The molecule has 3 aliphatic rings. The molecule has 5 rings (SSSR count). The minimum atomic E-state index is -2.25. The highest BCUT2D eigenvalue weighted by molar-refractivity contribution is 7.76. The van der Waals surface area contributed by atoms with Gasteiger partial charge in [-0.3, -0.25) is 4.90 Å². The van der Waals surface area contributed by atoms with E-state index in [1.807, 2.05) is 18.2 Å². The summed E-state index contributed by atoms with van der Waals surface area (Å²) in [7, 11) is -0.100. The molecular weight excluding hydrogens is 434 g/mol. The molecule has 7 nitrogen and oxygen atoms in total. The number of piperazine rings is 1. The lowest BCUT2D eigenvalue weighted by molar-refractivity contribution is 0.148. The van der Waals surface area contributed by atoms with Crippen LogP contribution in [0.15, 0.2) is 34.7 Å². The number of fused-ring (bicyclic) bond motifs is 2. The lowest BCUT2D eigenvalue weighted by Gasteiger charge is -2.32. The van der Waals surface area contributed by atoms with Crippen molar-refractivity contribution >= 4 is 28.2 Å². The van der Waals surface area contributed by atoms with Gasteiger partial charge < -0.3 is 14.9 Å². The van der Waals surface area contributed by atoms with E-state index in [0.717, 1.165) is 88.2 Å². The summed E-state index contributed by atoms with van der Waals surface area (Å²) in [5.74, 6) is 0. The van der Waals surface area contributed by atoms with Crippen molar-refractivity contribution in [3.63, 3.8) is 0 Å². The number of benzene rings is 2. The van der Waals surface area contributed by atoms with Crippen LogP contribution in [0.1, 0.15) is 40.7 Å². The first kappa shape index (κ1) is 22.4. The van der Waals surface area contributed by atoms with Gasteiger partial charge in [0.2, 0.25) is 0 Å². The number of nitrogens with zero attached hydrogens (tertiary/aromatic N) is 3. The largest absolute Gasteiger partial charge is 0.354 e. The average molecular weight is 468 g/mol. The van der Waals surface area contributed by atoms with Crippen LogP contribution in [0.2, 0.25) is 0 Å². The lowest BCUT2D eigenvalue weighted by atomic mass is 9.99. The number of urea groups is 1. The Morgan fingerprint density at radius 3 is 2.39 bits per heavy atom. The zero-order chi connectivity index (χ0) is 22.8. The Morgan fingerprint density at radius 2 is 1.70 bits per heavy atom. The van der Waals surface area contributed by atoms with E-state index < -0.39 is 16.8 Å². The molecule has 2 N–H and O–H groups in total. The van der Waals surface area contributed by atoms with E-state index in [4.69, 9.17) is 0 Å². The van der Waals surface area contributed by atoms with Gasteiger partial charge in [-0.1, -0.05) is 18.2 Å². The number of carbonyl (C=O) groups is 1. The maximum absolute atomic E-state index is 12.7. The van der Waals surface area contributed by atoms with E-state index >= 15 is 0 Å². The molecule has 0 spiro atoms. The average Bonchev–Trinajstić information content (AvgIpc) is 3.45. The van der Waals surface area contributed by atoms with Gasteiger partial charge in [0.15, 0.2) is 0 Å². The molecule has 176 valence electrons. The summed E-state index contributed by atoms with van der Waals surface area (Å²) >= 11 is 0. The Labute approximate surface area is 197 Å². The zero-order valence-electron chi connectivity index (χ0n) is 19.3. The van der Waals surface area contributed by atoms with Gasteiger partial charge in [-0.25, -0.2) is 9.00 Å². The number of carbonyl (C=O) groups excluding carboxylic acids is 1. The number of rotatable bonds is 5. The molecule has 1 fully saturated rings. The Bertz CT molecular complexity index is 1100. The van der Waals surface area contributed by atoms with Crippen LogP contribution in [0.4, 0.5) is 16.2 Å². The quantitative estimate of drug-likeness (QED) is 0.587. The third-order valence-electron chi connectivity index (χ3n) is 7.04. The van der Waals surface area contributed by atoms with Crippen LogP contribution < -0.4 is 10.0 Å². The highest BCUT2D eigenvalue weighted by Gasteiger charge is 2.25. The van der Waals surface area contributed by atoms with Crippen molar-refractivity contribution < 1.29 is 9.00 Å². The van der Waals surface area contributed by atoms with E-state index in [2.05, 4.69) is 43.4 Å². The Kier molecular flexibility index (Phi) is 6.66. The second kappa shape index (κ2) is 9.83. The Hall–Kier alpha value is -2.42. The second-order valence-corrected chi connectivity index (χ2v) is 10.4. The Morgan fingerprint density at radius 1 is 1.00 bits per heavy atom. The molecule has 2 amide bonds. The van der Waals surface area contributed by atoms with Crippen molar-refractivity contribution in [2.45, 2.75) is 45.1 Å². The number of aryl methyl sites for hydroxylation is 2. The van der Waals surface area contributed by atoms with Crippen molar-refractivity contribution in [3.05, 3.63) is 58.1 Å². The molecule has 2 aliphatic carbocycles. The van der Waals surface area contributed by atoms with Crippen molar-refractivity contribution in [1.82, 2.24) is 9.80 Å². The SMILES string of the molecule is CN1CCN(Cc2cccc(N/[SH](=O)=N\C(=O)Nc3c4c(cc5c3CCC5)CCC4)c2)CC1. The smallest absolute Gasteiger partial charge is 0.305 e. The van der Waals surface area contributed by atoms with E-state index in [0.29, 0.717) is 0 Å². The van der Waals surface area contributed by atoms with Crippen LogP contribution in [0.25, 0.3) is 0 Å². The molecule has 33 heavy (non-hydrogen) atoms. The van der Waals surface area contributed by atoms with Gasteiger partial charge in [-0.15, -0.1) is 4.36 Å². The van der Waals surface area contributed by atoms with Crippen molar-refractivity contribution in [3.8, 4) is 0 Å². The molecule has 2 aromatic carbocycles. The number of hydrogen-bond donors (Lipinski definition) is 3. The molecule has 0 radical (unpaired) electrons. The highest BCUT2D eigenvalue weighted by atomic mass is 32.2. The molecule has 1 unspecified atom stereocenters. The maximum atomic E-state index is 12.7. The molecule has 0 saturated carbocycles. The third-order valence-corrected chi connectivity index (χ3v) is 7.85. The fraction of sp³-hybridized carbons (Fsp3) is 0.480. The summed E-state index contributed by atoms with van der Waals surface area (Å²) in [5, 5.41) is 2.99. The fourth-order valence-electron chi connectivity index (χ4n) is 5.32. The van der Waals surface area contributed by atoms with Crippen molar-refractivity contribution in [1.29, 1.82) is 0 Å². The van der Waals surface area contributed by atoms with Crippen LogP contribution >= 0.6 is 0 Å². The first-order valence-corrected chi connectivity index (χ1v) is 13.2. The maximum Gasteiger partial charge on any atom is 0.354 e. The van der Waals surface area contributed by atoms with Crippen LogP contribution in [-0.2, 0) is 43.0 Å². The second-order valence-electron chi connectivity index (χ2n) is 9.43. The number of likely N-dealkylation sites (N-methyl/N-ethyl adjacent to an activating group) is 1. The van der Waals surface area contributed by atoms with Gasteiger partial charge in [-0.2, -0.15) is 0 Å². The summed E-state index contributed by atoms with van der Waals surface area (Å²) in [6, 6.07) is 9.69. The topological polar surface area (TPSA) is 77.0 Å². The molecular formula is C25H33N5O2S. The normalized spacial score (nSPS) is 19.3. The monoisotopic (exact) mass is 467 g/mol. The van der Waals surface area contributed by atoms with E-state index in [1.165, 1.54) is 22.3 Å². The molecule has 0 aromatic heterocycles. The molecule has 2 aromatic rings. The minimum Gasteiger partial charge on any atom is -0.305 e. The van der Waals surface area contributed by atoms with Gasteiger partial charge >= 0.3 is 6.03 Å². The molecule has 1 heterocycles. The number of thiol groups is 1. The standard InChI is InChI=1S/C25H33N5O2S/c1-29-11-13-30(14-12-29)17-18-5-2-8-21(15-18)27-33(32)28-25(31)26-24-22-9-3-6-19(22)16-20-7-4-10-23(20)24/h2,5,8,15-16,33H,3-4,6-7,9-14,17H2,1H3,(H2,26,27,28,31,32). The van der Waals surface area contributed by atoms with Crippen LogP contribution in [0, 0.1) is 0 Å². The van der Waals surface area contributed by atoms with Crippen LogP contribution in [-0.4, -0.2) is 53.3 Å². The number of hydrogen-bond acceptors (Lipinski definition) is 4. The highest BCUT2D eigenvalue weighted by Crippen LogP contribution is 2.38. The van der Waals surface area contributed by atoms with E-state index in [9.17, 15) is 9.00 Å². The summed E-state index contributed by atoms with van der Waals surface area (Å²) in [5.41, 5.74) is 8.02. The van der Waals surface area contributed by atoms with Crippen molar-refractivity contribution in [2.75, 3.05) is 43.3 Å². The van der Waals surface area contributed by atoms with Gasteiger partial charge in [0.25, 0.3) is 0 Å². The third kappa shape index (κ3) is 5.23. The summed E-state index contributed by atoms with van der Waals surface area (Å²) in [6.07, 6.45) is 6.37. The summed E-state index contributed by atoms with van der Waals surface area (Å²) < 4.78 is 19.4. The van der Waals surface area contributed by atoms with E-state index in [-0.39, 0.29) is 0 Å². The van der Waals surface area contributed by atoms with Crippen molar-refractivity contribution in [2.24, 2.45) is 4.36 Å². The van der Waals surface area contributed by atoms with Crippen LogP contribution in [0.5, 0.6) is 0 Å². The molecule has 1 aliphatic heterocycles. The first-order valence-electron chi connectivity index (χ1n) is 12.0. The minimum absolute atomic E-state index is 0.536. The zero-order valence-corrected chi connectivity index (χ0v) is 20.2. The molecule has 8 heteroatoms. The van der Waals surface area contributed by atoms with Gasteiger partial charge in [-0.05, 0) is 85.5 Å². The summed E-state index contributed by atoms with van der Waals surface area (Å²) in [6.45, 7) is 5.11. The van der Waals surface area contributed by atoms with E-state index in [1.54, 1.807) is 0 Å². The fourth-order valence-corrected chi connectivity index (χ4v) is 5.95. The number of amides is 2. The van der Waals surface area contributed by atoms with Crippen LogP contribution in [0.3, 0.4) is 0 Å². The molecule has 1 atom stereocenters. The predicted octanol–water partition coefficient (Wildman–Crippen LogP) is 3.64. The number of anilines is 2. The lowest BCUT2D eigenvalue weighted by Crippen LogP contribution is -2.43. The van der Waals surface area contributed by atoms with Gasteiger partial charge in [0, 0.05) is 44.1 Å². The summed E-state index contributed by atoms with van der Waals surface area (Å²) in [4.78, 5) is 17.4. The molecule has 0 bridgehead atoms. The molecule has 1 saturated heterocycles.